The average molecular weight is 390 g/mol. The molecule has 0 spiro atoms. The first-order valence-electron chi connectivity index (χ1n) is 8.12. The number of rotatable bonds is 7. The average Bonchev–Trinajstić information content (AvgIpc) is 2.69. The van der Waals surface area contributed by atoms with Gasteiger partial charge in [-0.2, -0.15) is 0 Å². The molecule has 0 aliphatic carbocycles. The smallest absolute Gasteiger partial charge is 0.162 e. The summed E-state index contributed by atoms with van der Waals surface area (Å²) in [6, 6.07) is 11.7. The fourth-order valence-corrected chi connectivity index (χ4v) is 3.36. The van der Waals surface area contributed by atoms with Crippen LogP contribution in [0.15, 0.2) is 47.5 Å². The van der Waals surface area contributed by atoms with E-state index in [1.807, 2.05) is 36.4 Å². The minimum atomic E-state index is 0.527. The second-order valence-electron chi connectivity index (χ2n) is 5.60. The van der Waals surface area contributed by atoms with E-state index >= 15 is 0 Å². The molecule has 3 aromatic rings. The van der Waals surface area contributed by atoms with Crippen molar-refractivity contribution in [3.05, 3.63) is 53.2 Å². The van der Waals surface area contributed by atoms with Gasteiger partial charge in [-0.05, 0) is 42.2 Å². The first-order valence-corrected chi connectivity index (χ1v) is 9.72. The van der Waals surface area contributed by atoms with Crippen molar-refractivity contribution < 1.29 is 14.2 Å². The van der Waals surface area contributed by atoms with E-state index in [0.717, 1.165) is 22.2 Å². The number of halogens is 1. The molecule has 0 atom stereocenters. The van der Waals surface area contributed by atoms with Crippen LogP contribution >= 0.6 is 23.4 Å². The van der Waals surface area contributed by atoms with Gasteiger partial charge in [0.1, 0.15) is 5.75 Å². The predicted molar refractivity (Wildman–Crippen MR) is 107 cm³/mol. The third-order valence-corrected chi connectivity index (χ3v) is 5.27. The van der Waals surface area contributed by atoms with E-state index in [1.54, 1.807) is 32.2 Å². The standard InChI is InChI=1S/C20H20ClNO3S/c1-23-18-10-16-17(11-19(18)24-2)22-12-13(20(16)21)8-9-25-14-4-6-15(26-3)7-5-14/h4-7,10-12H,8-9H2,1-3H3. The summed E-state index contributed by atoms with van der Waals surface area (Å²) in [4.78, 5) is 5.71. The summed E-state index contributed by atoms with van der Waals surface area (Å²) >= 11 is 8.30. The Balaban J connectivity index is 1.76. The van der Waals surface area contributed by atoms with Gasteiger partial charge in [-0.3, -0.25) is 4.98 Å². The number of nitrogens with zero attached hydrogens (tertiary/aromatic N) is 1. The number of benzene rings is 2. The van der Waals surface area contributed by atoms with E-state index in [0.29, 0.717) is 29.5 Å². The zero-order valence-electron chi connectivity index (χ0n) is 14.9. The van der Waals surface area contributed by atoms with E-state index in [4.69, 9.17) is 25.8 Å². The van der Waals surface area contributed by atoms with Crippen molar-refractivity contribution >= 4 is 34.3 Å². The normalized spacial score (nSPS) is 10.8. The van der Waals surface area contributed by atoms with Gasteiger partial charge in [-0.15, -0.1) is 11.8 Å². The summed E-state index contributed by atoms with van der Waals surface area (Å²) in [5.41, 5.74) is 1.71. The first-order chi connectivity index (χ1) is 12.7. The monoisotopic (exact) mass is 389 g/mol. The fraction of sp³-hybridized carbons (Fsp3) is 0.250. The molecule has 0 amide bonds. The minimum Gasteiger partial charge on any atom is -0.493 e. The quantitative estimate of drug-likeness (QED) is 0.516. The highest BCUT2D eigenvalue weighted by Crippen LogP contribution is 2.35. The molecule has 136 valence electrons. The van der Waals surface area contributed by atoms with E-state index in [2.05, 4.69) is 11.2 Å². The molecule has 0 fully saturated rings. The molecule has 0 saturated heterocycles. The highest BCUT2D eigenvalue weighted by atomic mass is 35.5. The van der Waals surface area contributed by atoms with Crippen molar-refractivity contribution in [1.29, 1.82) is 0 Å². The highest BCUT2D eigenvalue weighted by Gasteiger charge is 2.12. The maximum atomic E-state index is 6.59. The van der Waals surface area contributed by atoms with Gasteiger partial charge in [0.25, 0.3) is 0 Å². The second-order valence-corrected chi connectivity index (χ2v) is 6.85. The van der Waals surface area contributed by atoms with Gasteiger partial charge in [0.05, 0.1) is 31.4 Å². The van der Waals surface area contributed by atoms with Gasteiger partial charge in [0.2, 0.25) is 0 Å². The number of fused-ring (bicyclic) bond motifs is 1. The number of hydrogen-bond acceptors (Lipinski definition) is 5. The topological polar surface area (TPSA) is 40.6 Å². The van der Waals surface area contributed by atoms with Crippen LogP contribution in [0.3, 0.4) is 0 Å². The summed E-state index contributed by atoms with van der Waals surface area (Å²) < 4.78 is 16.5. The van der Waals surface area contributed by atoms with Crippen molar-refractivity contribution in [2.24, 2.45) is 0 Å². The molecule has 4 nitrogen and oxygen atoms in total. The Kier molecular flexibility index (Phi) is 6.12. The Hall–Kier alpha value is -2.11. The number of pyridine rings is 1. The van der Waals surface area contributed by atoms with Gasteiger partial charge in [-0.1, -0.05) is 11.6 Å². The summed E-state index contributed by atoms with van der Waals surface area (Å²) in [7, 11) is 3.20. The molecule has 0 bridgehead atoms. The summed E-state index contributed by atoms with van der Waals surface area (Å²) in [5, 5.41) is 1.50. The lowest BCUT2D eigenvalue weighted by atomic mass is 10.1. The van der Waals surface area contributed by atoms with Gasteiger partial charge < -0.3 is 14.2 Å². The summed E-state index contributed by atoms with van der Waals surface area (Å²) in [6.07, 6.45) is 4.51. The van der Waals surface area contributed by atoms with Crippen LogP contribution in [0.1, 0.15) is 5.56 Å². The second kappa shape index (κ2) is 8.52. The molecule has 6 heteroatoms. The number of hydrogen-bond donors (Lipinski definition) is 0. The maximum absolute atomic E-state index is 6.59. The van der Waals surface area contributed by atoms with Crippen molar-refractivity contribution in [3.63, 3.8) is 0 Å². The van der Waals surface area contributed by atoms with Crippen LogP contribution in [0.2, 0.25) is 5.02 Å². The predicted octanol–water partition coefficient (Wildman–Crippen LogP) is 5.25. The van der Waals surface area contributed by atoms with Crippen LogP contribution in [0.25, 0.3) is 10.9 Å². The van der Waals surface area contributed by atoms with Crippen LogP contribution in [-0.4, -0.2) is 32.1 Å². The largest absolute Gasteiger partial charge is 0.493 e. The zero-order chi connectivity index (χ0) is 18.5. The number of thioether (sulfide) groups is 1. The van der Waals surface area contributed by atoms with Crippen molar-refractivity contribution in [2.75, 3.05) is 27.1 Å². The van der Waals surface area contributed by atoms with Crippen LogP contribution in [0.5, 0.6) is 17.2 Å². The van der Waals surface area contributed by atoms with E-state index in [9.17, 15) is 0 Å². The van der Waals surface area contributed by atoms with Crippen LogP contribution in [-0.2, 0) is 6.42 Å². The molecular weight excluding hydrogens is 370 g/mol. The third kappa shape index (κ3) is 4.00. The van der Waals surface area contributed by atoms with Gasteiger partial charge in [0.15, 0.2) is 11.5 Å². The molecule has 0 radical (unpaired) electrons. The molecule has 0 N–H and O–H groups in total. The van der Waals surface area contributed by atoms with Gasteiger partial charge in [-0.25, -0.2) is 0 Å². The molecule has 3 rings (SSSR count). The molecular formula is C20H20ClNO3S. The third-order valence-electron chi connectivity index (χ3n) is 4.08. The molecule has 0 unspecified atom stereocenters. The van der Waals surface area contributed by atoms with Crippen LogP contribution in [0, 0.1) is 0 Å². The van der Waals surface area contributed by atoms with E-state index < -0.39 is 0 Å². The van der Waals surface area contributed by atoms with Crippen molar-refractivity contribution in [2.45, 2.75) is 11.3 Å². The molecule has 2 aromatic carbocycles. The van der Waals surface area contributed by atoms with Crippen LogP contribution < -0.4 is 14.2 Å². The van der Waals surface area contributed by atoms with E-state index in [1.165, 1.54) is 4.90 Å². The maximum Gasteiger partial charge on any atom is 0.162 e. The Bertz CT molecular complexity index is 900. The van der Waals surface area contributed by atoms with Crippen molar-refractivity contribution in [1.82, 2.24) is 4.98 Å². The number of methoxy groups -OCH3 is 2. The Morgan fingerprint density at radius 2 is 1.73 bits per heavy atom. The molecule has 1 heterocycles. The lowest BCUT2D eigenvalue weighted by Gasteiger charge is -2.12. The number of ether oxygens (including phenoxy) is 3. The minimum absolute atomic E-state index is 0.527. The lowest BCUT2D eigenvalue weighted by molar-refractivity contribution is 0.321. The molecule has 1 aromatic heterocycles. The van der Waals surface area contributed by atoms with Crippen molar-refractivity contribution in [3.8, 4) is 17.2 Å². The first kappa shape index (κ1) is 18.7. The Morgan fingerprint density at radius 1 is 1.04 bits per heavy atom. The van der Waals surface area contributed by atoms with Gasteiger partial charge in [0, 0.05) is 29.0 Å². The Labute approximate surface area is 162 Å². The molecule has 0 aliphatic rings. The fourth-order valence-electron chi connectivity index (χ4n) is 2.65. The number of aromatic nitrogens is 1. The molecule has 26 heavy (non-hydrogen) atoms. The summed E-state index contributed by atoms with van der Waals surface area (Å²) in [5.74, 6) is 2.11. The SMILES string of the molecule is COc1cc2ncc(CCOc3ccc(SC)cc3)c(Cl)c2cc1OC. The van der Waals surface area contributed by atoms with E-state index in [-0.39, 0.29) is 0 Å². The zero-order valence-corrected chi connectivity index (χ0v) is 16.5. The lowest BCUT2D eigenvalue weighted by Crippen LogP contribution is -2.03. The van der Waals surface area contributed by atoms with Crippen LogP contribution in [0.4, 0.5) is 0 Å². The molecule has 0 saturated carbocycles. The van der Waals surface area contributed by atoms with Gasteiger partial charge >= 0.3 is 0 Å². The Morgan fingerprint density at radius 3 is 2.38 bits per heavy atom. The molecule has 0 aliphatic heterocycles. The highest BCUT2D eigenvalue weighted by molar-refractivity contribution is 7.98. The summed E-state index contributed by atoms with van der Waals surface area (Å²) in [6.45, 7) is 0.527.